The Morgan fingerprint density at radius 3 is 1.83 bits per heavy atom. The van der Waals surface area contributed by atoms with E-state index in [0.29, 0.717) is 11.1 Å². The Morgan fingerprint density at radius 1 is 0.861 bits per heavy atom. The summed E-state index contributed by atoms with van der Waals surface area (Å²) in [5, 5.41) is 9.65. The highest BCUT2D eigenvalue weighted by Gasteiger charge is 2.66. The first-order valence-corrected chi connectivity index (χ1v) is 11.3. The standard InChI is InChI=1S/C26H17Cl2F3N2O3/c1-24(2)22(34)33(20-12-18(27)11-19(28)13-20)23(35)25(24,16-5-3-15(14-32)4-6-16)17-7-9-21(10-8-17)36-26(29,30)31/h3-13H,1-2H3/t25-/m1/s1. The lowest BCUT2D eigenvalue weighted by Crippen LogP contribution is -2.46. The van der Waals surface area contributed by atoms with Gasteiger partial charge in [0.2, 0.25) is 11.8 Å². The lowest BCUT2D eigenvalue weighted by molar-refractivity contribution is -0.274. The summed E-state index contributed by atoms with van der Waals surface area (Å²) in [5.41, 5.74) is -1.95. The Kier molecular flexibility index (Phi) is 6.27. The number of anilines is 1. The van der Waals surface area contributed by atoms with Crippen LogP contribution in [0.1, 0.15) is 30.5 Å². The van der Waals surface area contributed by atoms with Crippen LogP contribution in [0.25, 0.3) is 0 Å². The number of imide groups is 1. The maximum atomic E-state index is 14.3. The molecule has 1 heterocycles. The second kappa shape index (κ2) is 8.84. The highest BCUT2D eigenvalue weighted by atomic mass is 35.5. The fourth-order valence-corrected chi connectivity index (χ4v) is 5.22. The van der Waals surface area contributed by atoms with E-state index < -0.39 is 34.8 Å². The number of nitrogens with zero attached hydrogens (tertiary/aromatic N) is 2. The van der Waals surface area contributed by atoms with Crippen LogP contribution in [-0.2, 0) is 15.0 Å². The van der Waals surface area contributed by atoms with Crippen LogP contribution in [0.5, 0.6) is 5.75 Å². The number of ether oxygens (including phenoxy) is 1. The smallest absolute Gasteiger partial charge is 0.406 e. The van der Waals surface area contributed by atoms with Gasteiger partial charge >= 0.3 is 6.36 Å². The van der Waals surface area contributed by atoms with Gasteiger partial charge in [0.15, 0.2) is 0 Å². The molecule has 10 heteroatoms. The maximum absolute atomic E-state index is 14.3. The first-order valence-electron chi connectivity index (χ1n) is 10.5. The average molecular weight is 533 g/mol. The van der Waals surface area contributed by atoms with Gasteiger partial charge in [-0.25, -0.2) is 4.90 Å². The SMILES string of the molecule is CC1(C)C(=O)N(c2cc(Cl)cc(Cl)c2)C(=O)[C@@]1(c1ccc(C#N)cc1)c1ccc(OC(F)(F)F)cc1. The van der Waals surface area contributed by atoms with Crippen LogP contribution in [0.15, 0.2) is 66.7 Å². The van der Waals surface area contributed by atoms with Gasteiger partial charge in [0.05, 0.1) is 22.7 Å². The number of rotatable bonds is 4. The second-order valence-corrected chi connectivity index (χ2v) is 9.58. The molecular weight excluding hydrogens is 516 g/mol. The molecule has 0 bridgehead atoms. The molecule has 1 aliphatic heterocycles. The number of carbonyl (C=O) groups is 2. The van der Waals surface area contributed by atoms with E-state index in [4.69, 9.17) is 23.2 Å². The zero-order valence-corrected chi connectivity index (χ0v) is 20.4. The third kappa shape index (κ3) is 4.08. The van der Waals surface area contributed by atoms with Gasteiger partial charge in [-0.3, -0.25) is 9.59 Å². The van der Waals surface area contributed by atoms with Crippen LogP contribution in [0.3, 0.4) is 0 Å². The van der Waals surface area contributed by atoms with E-state index in [2.05, 4.69) is 4.74 Å². The van der Waals surface area contributed by atoms with E-state index in [0.717, 1.165) is 17.0 Å². The molecule has 0 aliphatic carbocycles. The molecule has 0 aromatic heterocycles. The lowest BCUT2D eigenvalue weighted by Gasteiger charge is -2.38. The lowest BCUT2D eigenvalue weighted by atomic mass is 9.59. The van der Waals surface area contributed by atoms with Crippen LogP contribution < -0.4 is 9.64 Å². The minimum absolute atomic E-state index is 0.156. The van der Waals surface area contributed by atoms with Gasteiger partial charge in [-0.05, 0) is 67.4 Å². The van der Waals surface area contributed by atoms with Crippen molar-refractivity contribution in [3.8, 4) is 11.8 Å². The van der Waals surface area contributed by atoms with Crippen molar-refractivity contribution in [1.82, 2.24) is 0 Å². The van der Waals surface area contributed by atoms with Crippen molar-refractivity contribution in [2.45, 2.75) is 25.6 Å². The fourth-order valence-electron chi connectivity index (χ4n) is 4.71. The summed E-state index contributed by atoms with van der Waals surface area (Å²) >= 11 is 12.3. The number of nitriles is 1. The van der Waals surface area contributed by atoms with Crippen molar-refractivity contribution < 1.29 is 27.5 Å². The first kappa shape index (κ1) is 25.5. The van der Waals surface area contributed by atoms with E-state index in [9.17, 15) is 28.0 Å². The number of benzene rings is 3. The predicted octanol–water partition coefficient (Wildman–Crippen LogP) is 6.65. The number of alkyl halides is 3. The molecule has 0 N–H and O–H groups in total. The van der Waals surface area contributed by atoms with E-state index in [-0.39, 0.29) is 21.3 Å². The predicted molar refractivity (Wildman–Crippen MR) is 128 cm³/mol. The van der Waals surface area contributed by atoms with Crippen molar-refractivity contribution in [1.29, 1.82) is 5.26 Å². The fraction of sp³-hybridized carbons (Fsp3) is 0.192. The Balaban J connectivity index is 1.97. The molecule has 1 fully saturated rings. The monoisotopic (exact) mass is 532 g/mol. The molecule has 0 radical (unpaired) electrons. The summed E-state index contributed by atoms with van der Waals surface area (Å²) in [5.74, 6) is -1.69. The van der Waals surface area contributed by atoms with Crippen molar-refractivity contribution in [2.24, 2.45) is 5.41 Å². The highest BCUT2D eigenvalue weighted by molar-refractivity contribution is 6.36. The van der Waals surface area contributed by atoms with Gasteiger partial charge < -0.3 is 4.74 Å². The van der Waals surface area contributed by atoms with Gasteiger partial charge in [0.25, 0.3) is 0 Å². The molecular formula is C26H17Cl2F3N2O3. The minimum Gasteiger partial charge on any atom is -0.406 e. The summed E-state index contributed by atoms with van der Waals surface area (Å²) < 4.78 is 42.1. The van der Waals surface area contributed by atoms with Crippen LogP contribution in [-0.4, -0.2) is 18.2 Å². The van der Waals surface area contributed by atoms with Crippen molar-refractivity contribution in [3.63, 3.8) is 0 Å². The molecule has 3 aromatic rings. The van der Waals surface area contributed by atoms with Gasteiger partial charge in [0.1, 0.15) is 11.2 Å². The van der Waals surface area contributed by atoms with Crippen molar-refractivity contribution in [2.75, 3.05) is 4.90 Å². The van der Waals surface area contributed by atoms with Gasteiger partial charge in [-0.15, -0.1) is 13.2 Å². The molecule has 2 amide bonds. The summed E-state index contributed by atoms with van der Waals surface area (Å²) in [6, 6.07) is 17.2. The molecule has 0 spiro atoms. The Morgan fingerprint density at radius 2 is 1.36 bits per heavy atom. The van der Waals surface area contributed by atoms with Crippen molar-refractivity contribution >= 4 is 40.7 Å². The zero-order chi connectivity index (χ0) is 26.5. The zero-order valence-electron chi connectivity index (χ0n) is 18.9. The number of amides is 2. The van der Waals surface area contributed by atoms with Gasteiger partial charge in [0, 0.05) is 10.0 Å². The number of hydrogen-bond acceptors (Lipinski definition) is 4. The third-order valence-corrected chi connectivity index (χ3v) is 6.71. The molecule has 5 nitrogen and oxygen atoms in total. The van der Waals surface area contributed by atoms with Crippen LogP contribution in [0, 0.1) is 16.7 Å². The summed E-state index contributed by atoms with van der Waals surface area (Å²) in [4.78, 5) is 29.1. The maximum Gasteiger partial charge on any atom is 0.573 e. The molecule has 1 aliphatic rings. The quantitative estimate of drug-likeness (QED) is 0.352. The molecule has 36 heavy (non-hydrogen) atoms. The Labute approximate surface area is 214 Å². The van der Waals surface area contributed by atoms with Crippen molar-refractivity contribution in [3.05, 3.63) is 93.5 Å². The van der Waals surface area contributed by atoms with Gasteiger partial charge in [-0.2, -0.15) is 5.26 Å². The topological polar surface area (TPSA) is 70.4 Å². The van der Waals surface area contributed by atoms with Gasteiger partial charge in [-0.1, -0.05) is 47.5 Å². The highest BCUT2D eigenvalue weighted by Crippen LogP contribution is 2.55. The molecule has 1 atom stereocenters. The molecule has 1 saturated heterocycles. The van der Waals surface area contributed by atoms with E-state index in [1.54, 1.807) is 26.0 Å². The number of halogens is 5. The van der Waals surface area contributed by atoms with Crippen LogP contribution in [0.2, 0.25) is 10.0 Å². The van der Waals surface area contributed by atoms with Crippen LogP contribution >= 0.6 is 23.2 Å². The molecule has 184 valence electrons. The summed E-state index contributed by atoms with van der Waals surface area (Å²) in [6.45, 7) is 3.16. The minimum atomic E-state index is -4.90. The average Bonchev–Trinajstić information content (AvgIpc) is 2.94. The van der Waals surface area contributed by atoms with E-state index >= 15 is 0 Å². The summed E-state index contributed by atoms with van der Waals surface area (Å²) in [6.07, 6.45) is -4.90. The molecule has 0 unspecified atom stereocenters. The van der Waals surface area contributed by atoms with E-state index in [1.165, 1.54) is 42.5 Å². The molecule has 3 aromatic carbocycles. The number of hydrogen-bond donors (Lipinski definition) is 0. The Hall–Kier alpha value is -3.54. The Bertz CT molecular complexity index is 1380. The molecule has 0 saturated carbocycles. The third-order valence-electron chi connectivity index (χ3n) is 6.27. The van der Waals surface area contributed by atoms with Crippen LogP contribution in [0.4, 0.5) is 18.9 Å². The first-order chi connectivity index (χ1) is 16.8. The second-order valence-electron chi connectivity index (χ2n) is 8.71. The summed E-state index contributed by atoms with van der Waals surface area (Å²) in [7, 11) is 0. The largest absolute Gasteiger partial charge is 0.573 e. The molecule has 4 rings (SSSR count). The normalized spacial score (nSPS) is 19.3. The van der Waals surface area contributed by atoms with E-state index in [1.807, 2.05) is 6.07 Å². The number of carbonyl (C=O) groups excluding carboxylic acids is 2.